The summed E-state index contributed by atoms with van der Waals surface area (Å²) in [7, 11) is -16.9. The molecule has 2 aromatic carbocycles. The monoisotopic (exact) mass is 1990 g/mol. The molecule has 4 saturated heterocycles. The minimum atomic E-state index is -4.31. The van der Waals surface area contributed by atoms with Gasteiger partial charge in [-0.15, -0.1) is 0 Å². The number of aromatic nitrogens is 12. The Morgan fingerprint density at radius 2 is 0.893 bits per heavy atom. The van der Waals surface area contributed by atoms with E-state index >= 15 is 0 Å². The van der Waals surface area contributed by atoms with Crippen molar-refractivity contribution in [3.8, 4) is 62.5 Å². The second-order valence-electron chi connectivity index (χ2n) is 35.4. The van der Waals surface area contributed by atoms with Gasteiger partial charge < -0.3 is 51.0 Å². The molecule has 140 heavy (non-hydrogen) atoms. The zero-order chi connectivity index (χ0) is 100. The number of benzene rings is 2. The number of H-pyrrole nitrogens is 1. The number of hydrogen-bond acceptors (Lipinski definition) is 33. The molecule has 10 aromatic heterocycles. The molecule has 738 valence electrons. The van der Waals surface area contributed by atoms with E-state index in [4.69, 9.17) is 51.3 Å². The second-order valence-corrected chi connectivity index (χ2v) is 41.9. The maximum Gasteiger partial charge on any atom is 0.285 e. The van der Waals surface area contributed by atoms with E-state index in [2.05, 4.69) is 91.6 Å². The average Bonchev–Trinajstić information content (AvgIpc) is 1.21. The maximum atomic E-state index is 14.4. The number of nitrogens with two attached hydrogens (primary N) is 3. The van der Waals surface area contributed by atoms with Gasteiger partial charge in [0.05, 0.1) is 70.0 Å². The lowest BCUT2D eigenvalue weighted by Crippen LogP contribution is -2.37. The third-order valence-corrected chi connectivity index (χ3v) is 28.0. The summed E-state index contributed by atoms with van der Waals surface area (Å²) in [5, 5.41) is 4.61. The molecule has 0 aliphatic carbocycles. The van der Waals surface area contributed by atoms with E-state index < -0.39 is 74.6 Å². The quantitative estimate of drug-likeness (QED) is 0.0226. The largest absolute Gasteiger partial charge is 0.493 e. The van der Waals surface area contributed by atoms with Crippen molar-refractivity contribution in [1.82, 2.24) is 78.9 Å². The Morgan fingerprint density at radius 3 is 1.33 bits per heavy atom. The van der Waals surface area contributed by atoms with Crippen LogP contribution in [0.25, 0.3) is 45.0 Å². The lowest BCUT2D eigenvalue weighted by atomic mass is 9.98. The molecule has 38 nitrogen and oxygen atoms in total. The van der Waals surface area contributed by atoms with Crippen molar-refractivity contribution in [2.45, 2.75) is 166 Å². The predicted octanol–water partition coefficient (Wildman–Crippen LogP) is 13.1. The number of nitrogens with zero attached hydrogens (tertiary/aromatic N) is 15. The number of rotatable bonds is 28. The number of pyridine rings is 8. The zero-order valence-corrected chi connectivity index (χ0v) is 82.6. The van der Waals surface area contributed by atoms with Crippen LogP contribution >= 0.6 is 0 Å². The number of sulfonamides is 4. The molecule has 43 heteroatoms. The van der Waals surface area contributed by atoms with Gasteiger partial charge in [0.15, 0.2) is 20.9 Å². The van der Waals surface area contributed by atoms with Crippen LogP contribution < -0.4 is 69.9 Å². The van der Waals surface area contributed by atoms with E-state index in [9.17, 15) is 57.2 Å². The third-order valence-electron chi connectivity index (χ3n) is 23.0. The summed E-state index contributed by atoms with van der Waals surface area (Å²) in [5.41, 5.74) is 23.9. The van der Waals surface area contributed by atoms with Crippen molar-refractivity contribution >= 4 is 104 Å². The zero-order valence-electron chi connectivity index (χ0n) is 79.3. The van der Waals surface area contributed by atoms with E-state index in [0.29, 0.717) is 120 Å². The Balaban J connectivity index is 0.000000157. The number of halogens is 1. The fraction of sp³-hybridized carbons (Fsp3) is 0.351. The van der Waals surface area contributed by atoms with Crippen LogP contribution in [-0.4, -0.2) is 188 Å². The normalized spacial score (nSPS) is 15.3. The highest BCUT2D eigenvalue weighted by molar-refractivity contribution is 7.91. The number of ether oxygens (including phenoxy) is 3. The van der Waals surface area contributed by atoms with Gasteiger partial charge in [0.1, 0.15) is 46.5 Å². The molecule has 1 unspecified atom stereocenters. The number of nitrogens with one attached hydrogen (secondary N) is 5. The molecule has 4 aliphatic heterocycles. The summed E-state index contributed by atoms with van der Waals surface area (Å²) in [6.45, 7) is 27.7. The first-order chi connectivity index (χ1) is 66.7. The molecule has 0 saturated carbocycles. The van der Waals surface area contributed by atoms with Crippen LogP contribution in [0.3, 0.4) is 0 Å². The van der Waals surface area contributed by atoms with Crippen LogP contribution in [-0.2, 0) is 40.1 Å². The highest BCUT2D eigenvalue weighted by atomic mass is 32.2. The van der Waals surface area contributed by atoms with Gasteiger partial charge in [0.2, 0.25) is 16.8 Å². The topological polar surface area (TPSA) is 529 Å². The first-order valence-corrected chi connectivity index (χ1v) is 51.7. The number of carbonyl (C=O) groups excluding carboxylic acids is 4. The van der Waals surface area contributed by atoms with E-state index in [0.717, 1.165) is 93.3 Å². The summed E-state index contributed by atoms with van der Waals surface area (Å²) < 4.78 is 141. The first-order valence-electron chi connectivity index (χ1n) is 45.8. The Morgan fingerprint density at radius 1 is 0.457 bits per heavy atom. The number of anilines is 7. The smallest absolute Gasteiger partial charge is 0.285 e. The number of nitrogen functional groups attached to an aromatic ring is 3. The summed E-state index contributed by atoms with van der Waals surface area (Å²) in [6, 6.07) is 42.4. The molecule has 0 radical (unpaired) electrons. The van der Waals surface area contributed by atoms with Gasteiger partial charge in [0.25, 0.3) is 63.7 Å². The van der Waals surface area contributed by atoms with E-state index in [1.807, 2.05) is 99.6 Å². The van der Waals surface area contributed by atoms with E-state index in [-0.39, 0.29) is 79.0 Å². The van der Waals surface area contributed by atoms with Crippen LogP contribution in [0.15, 0.2) is 209 Å². The molecule has 4 fully saturated rings. The minimum absolute atomic E-state index is 0.00539. The van der Waals surface area contributed by atoms with Crippen LogP contribution in [0.5, 0.6) is 17.5 Å². The molecule has 11 N–H and O–H groups in total. The van der Waals surface area contributed by atoms with Gasteiger partial charge in [0, 0.05) is 117 Å². The molecule has 4 aliphatic rings. The van der Waals surface area contributed by atoms with Crippen molar-refractivity contribution < 1.29 is 71.5 Å². The van der Waals surface area contributed by atoms with Gasteiger partial charge in [-0.1, -0.05) is 83.5 Å². The highest BCUT2D eigenvalue weighted by Crippen LogP contribution is 2.37. The van der Waals surface area contributed by atoms with Crippen molar-refractivity contribution in [3.05, 3.63) is 222 Å². The van der Waals surface area contributed by atoms with Gasteiger partial charge in [-0.05, 0) is 213 Å². The lowest BCUT2D eigenvalue weighted by molar-refractivity contribution is 0.0972. The number of carbonyl (C=O) groups is 4. The Labute approximate surface area is 813 Å². The summed E-state index contributed by atoms with van der Waals surface area (Å²) >= 11 is 0. The SMILES string of the molecule is CC(C)COc1cc(F)cc(-c2ccc(C(=O)NS(=O)(=O)c3ccn[nH]3)c(N3CCC(C)CC3)n2)c1.CC(C)Oc1ccc(-c2ccc(C(=O)NS(=O)(=O)c3cccc(N)n3)c(N3CC[C@H](C)C3)n2)cn1.CCC1CCCN1c1nc(-c2ccc(OC(C)C)nc2)ccc1C(=O)NS(=O)(=O)c1cccc(N)n1.Cc1ccc(-c2ccc(C(=O)NS(=O)(=O)c3nccnc3N)c(N3CCC(C)CC3)n2)cc1. The number of aryl methyl sites for hydroxylation is 1. The van der Waals surface area contributed by atoms with Crippen molar-refractivity contribution in [2.75, 3.05) is 89.2 Å². The Hall–Kier alpha value is -14.5. The Kier molecular flexibility index (Phi) is 33.4. The van der Waals surface area contributed by atoms with Crippen molar-refractivity contribution in [3.63, 3.8) is 0 Å². The third kappa shape index (κ3) is 26.7. The van der Waals surface area contributed by atoms with E-state index in [1.54, 1.807) is 73.1 Å². The molecule has 2 atom stereocenters. The maximum absolute atomic E-state index is 14.4. The number of piperidine rings is 2. The summed E-state index contributed by atoms with van der Waals surface area (Å²) in [5.74, 6) is 1.05. The van der Waals surface area contributed by atoms with Gasteiger partial charge in [-0.25, -0.2) is 73.1 Å². The molecule has 0 spiro atoms. The van der Waals surface area contributed by atoms with Crippen molar-refractivity contribution in [1.29, 1.82) is 0 Å². The van der Waals surface area contributed by atoms with Crippen LogP contribution in [0.4, 0.5) is 45.1 Å². The standard InChI is InChI=1S/C25H30FN5O4S.C25H30N6O4S.C24H28N6O4S.C23H26N6O3S/c1-16(2)15-35-20-13-18(12-19(26)14-20)22-5-4-21(24(28-22)31-10-7-17(3)8-11-31)25(32)30-36(33,34)23-6-9-27-29-23;1-4-18-7-6-14-31(18)24-19(25(32)30-36(33,34)23-9-5-8-21(26)29-23)11-12-20(28-24)17-10-13-22(27-15-17)35-16(2)3;1-15(2)34-21-10-7-17(13-26-21)19-9-8-18(23(27-19)30-12-11-16(3)14-30)24(31)29-35(32,33)22-6-4-5-20(25)28-22;1-15-3-5-17(6-4-15)19-8-7-18(21(27-19)29-13-9-16(2)10-14-29)22(30)28-33(31,32)23-20(24)25-11-12-26-23/h4-6,9,12-14,16-17H,7-8,10-11,15H2,1-3H3,(H,27,29)(H,30,32);5,8-13,15-16,18H,4,6-7,14H2,1-3H3,(H2,26,29)(H,30,32);4-10,13,15-16H,11-12,14H2,1-3H3,(H2,25,28)(H,29,31);3-8,11-12,16H,9-10,13-14H2,1-2H3,(H2,24,25)(H,28,30)/t;;16-;/m..0./s1. The number of hydrogen-bond donors (Lipinski definition) is 8. The Bertz CT molecular complexity index is 6910. The number of aromatic amines is 1. The number of amides is 4. The van der Waals surface area contributed by atoms with Gasteiger partial charge >= 0.3 is 0 Å². The predicted molar refractivity (Wildman–Crippen MR) is 530 cm³/mol. The fourth-order valence-electron chi connectivity index (χ4n) is 15.7. The molecular formula is C97H114FN23O15S4. The summed E-state index contributed by atoms with van der Waals surface area (Å²) in [4.78, 5) is 104. The molecule has 0 bridgehead atoms. The van der Waals surface area contributed by atoms with Crippen LogP contribution in [0, 0.1) is 36.4 Å². The average molecular weight is 1990 g/mol. The minimum Gasteiger partial charge on any atom is -0.493 e. The molecule has 4 amide bonds. The molecule has 12 aromatic rings. The van der Waals surface area contributed by atoms with Gasteiger partial charge in [-0.2, -0.15) is 38.8 Å². The van der Waals surface area contributed by atoms with Crippen LogP contribution in [0.2, 0.25) is 0 Å². The van der Waals surface area contributed by atoms with Crippen LogP contribution in [0.1, 0.15) is 168 Å². The highest BCUT2D eigenvalue weighted by Gasteiger charge is 2.35. The fourth-order valence-corrected chi connectivity index (χ4v) is 19.4. The first kappa shape index (κ1) is 103. The second kappa shape index (κ2) is 45.4. The summed E-state index contributed by atoms with van der Waals surface area (Å²) in [6.07, 6.45) is 14.6. The molecular weight excluding hydrogens is 1870 g/mol. The molecule has 14 heterocycles. The van der Waals surface area contributed by atoms with Gasteiger partial charge in [-0.3, -0.25) is 24.3 Å². The lowest BCUT2D eigenvalue weighted by Gasteiger charge is -2.32. The van der Waals surface area contributed by atoms with E-state index in [1.165, 1.54) is 79.3 Å². The molecule has 16 rings (SSSR count). The van der Waals surface area contributed by atoms with Crippen molar-refractivity contribution in [2.24, 2.45) is 23.7 Å².